The van der Waals surface area contributed by atoms with E-state index in [0.717, 1.165) is 45.8 Å². The SMILES string of the molecule is CC(O)CC1CCCCN1CCN1CCOCC1. The smallest absolute Gasteiger partial charge is 0.0594 e. The Morgan fingerprint density at radius 1 is 1.17 bits per heavy atom. The van der Waals surface area contributed by atoms with Gasteiger partial charge in [-0.05, 0) is 32.7 Å². The molecular formula is C14H28N2O2. The van der Waals surface area contributed by atoms with Crippen LogP contribution in [0.25, 0.3) is 0 Å². The minimum Gasteiger partial charge on any atom is -0.393 e. The average Bonchev–Trinajstić information content (AvgIpc) is 2.38. The van der Waals surface area contributed by atoms with E-state index in [1.807, 2.05) is 6.92 Å². The summed E-state index contributed by atoms with van der Waals surface area (Å²) >= 11 is 0. The highest BCUT2D eigenvalue weighted by atomic mass is 16.5. The van der Waals surface area contributed by atoms with Crippen molar-refractivity contribution in [2.45, 2.75) is 44.8 Å². The molecule has 2 heterocycles. The molecule has 2 aliphatic rings. The highest BCUT2D eigenvalue weighted by Crippen LogP contribution is 2.20. The van der Waals surface area contributed by atoms with Gasteiger partial charge in [-0.1, -0.05) is 6.42 Å². The summed E-state index contributed by atoms with van der Waals surface area (Å²) < 4.78 is 5.38. The summed E-state index contributed by atoms with van der Waals surface area (Å²) in [5, 5.41) is 9.59. The molecule has 2 saturated heterocycles. The van der Waals surface area contributed by atoms with Crippen molar-refractivity contribution < 1.29 is 9.84 Å². The van der Waals surface area contributed by atoms with E-state index < -0.39 is 0 Å². The lowest BCUT2D eigenvalue weighted by atomic mass is 9.97. The number of nitrogens with zero attached hydrogens (tertiary/aromatic N) is 2. The van der Waals surface area contributed by atoms with Crippen molar-refractivity contribution in [3.8, 4) is 0 Å². The molecule has 0 aromatic carbocycles. The Balaban J connectivity index is 1.74. The van der Waals surface area contributed by atoms with Crippen molar-refractivity contribution >= 4 is 0 Å². The molecule has 0 aromatic heterocycles. The summed E-state index contributed by atoms with van der Waals surface area (Å²) in [5.41, 5.74) is 0. The molecule has 0 aliphatic carbocycles. The molecule has 0 spiro atoms. The van der Waals surface area contributed by atoms with Gasteiger partial charge in [-0.3, -0.25) is 9.80 Å². The van der Waals surface area contributed by atoms with Crippen molar-refractivity contribution in [1.82, 2.24) is 9.80 Å². The van der Waals surface area contributed by atoms with Crippen LogP contribution in [0.5, 0.6) is 0 Å². The van der Waals surface area contributed by atoms with Crippen molar-refractivity contribution in [2.75, 3.05) is 45.9 Å². The van der Waals surface area contributed by atoms with Gasteiger partial charge < -0.3 is 9.84 Å². The first-order valence-electron chi connectivity index (χ1n) is 7.48. The quantitative estimate of drug-likeness (QED) is 0.794. The Kier molecular flexibility index (Phi) is 5.89. The molecule has 2 fully saturated rings. The first-order chi connectivity index (χ1) is 8.75. The molecule has 2 unspecified atom stereocenters. The fourth-order valence-corrected chi connectivity index (χ4v) is 3.11. The van der Waals surface area contributed by atoms with Crippen LogP contribution in [-0.4, -0.2) is 73.0 Å². The van der Waals surface area contributed by atoms with Gasteiger partial charge in [0.1, 0.15) is 0 Å². The second kappa shape index (κ2) is 7.43. The van der Waals surface area contributed by atoms with Gasteiger partial charge in [0.05, 0.1) is 19.3 Å². The summed E-state index contributed by atoms with van der Waals surface area (Å²) in [6.07, 6.45) is 4.67. The van der Waals surface area contributed by atoms with Crippen LogP contribution in [0.4, 0.5) is 0 Å². The topological polar surface area (TPSA) is 35.9 Å². The van der Waals surface area contributed by atoms with Crippen LogP contribution in [0.2, 0.25) is 0 Å². The van der Waals surface area contributed by atoms with Gasteiger partial charge in [0.2, 0.25) is 0 Å². The maximum atomic E-state index is 9.59. The van der Waals surface area contributed by atoms with Crippen LogP contribution in [0.1, 0.15) is 32.6 Å². The highest BCUT2D eigenvalue weighted by molar-refractivity contribution is 4.79. The standard InChI is InChI=1S/C14H28N2O2/c1-13(17)12-14-4-2-3-5-16(14)7-6-15-8-10-18-11-9-15/h13-14,17H,2-12H2,1H3. The first-order valence-corrected chi connectivity index (χ1v) is 7.48. The van der Waals surface area contributed by atoms with E-state index in [1.165, 1.54) is 25.8 Å². The molecule has 4 nitrogen and oxygen atoms in total. The monoisotopic (exact) mass is 256 g/mol. The number of aliphatic hydroxyl groups excluding tert-OH is 1. The van der Waals surface area contributed by atoms with E-state index in [0.29, 0.717) is 6.04 Å². The Bertz CT molecular complexity index is 230. The van der Waals surface area contributed by atoms with Crippen molar-refractivity contribution in [1.29, 1.82) is 0 Å². The van der Waals surface area contributed by atoms with Crippen LogP contribution in [0.15, 0.2) is 0 Å². The lowest BCUT2D eigenvalue weighted by Crippen LogP contribution is -2.47. The molecule has 106 valence electrons. The summed E-state index contributed by atoms with van der Waals surface area (Å²) in [5.74, 6) is 0. The second-order valence-corrected chi connectivity index (χ2v) is 5.72. The van der Waals surface area contributed by atoms with E-state index >= 15 is 0 Å². The Morgan fingerprint density at radius 3 is 2.67 bits per heavy atom. The maximum Gasteiger partial charge on any atom is 0.0594 e. The van der Waals surface area contributed by atoms with Crippen molar-refractivity contribution in [3.05, 3.63) is 0 Å². The molecule has 4 heteroatoms. The predicted octanol–water partition coefficient (Wildman–Crippen LogP) is 0.944. The summed E-state index contributed by atoms with van der Waals surface area (Å²) in [6, 6.07) is 0.597. The number of rotatable bonds is 5. The van der Waals surface area contributed by atoms with Crippen LogP contribution in [0.3, 0.4) is 0 Å². The molecule has 0 aromatic rings. The van der Waals surface area contributed by atoms with E-state index in [2.05, 4.69) is 9.80 Å². The summed E-state index contributed by atoms with van der Waals surface area (Å²) in [6.45, 7) is 9.35. The molecule has 0 saturated carbocycles. The zero-order valence-corrected chi connectivity index (χ0v) is 11.7. The summed E-state index contributed by atoms with van der Waals surface area (Å²) in [7, 11) is 0. The third-order valence-electron chi connectivity index (χ3n) is 4.17. The number of morpholine rings is 1. The van der Waals surface area contributed by atoms with Gasteiger partial charge in [0.25, 0.3) is 0 Å². The number of hydrogen-bond donors (Lipinski definition) is 1. The molecule has 0 radical (unpaired) electrons. The van der Waals surface area contributed by atoms with Crippen LogP contribution in [0, 0.1) is 0 Å². The maximum absolute atomic E-state index is 9.59. The molecule has 2 aliphatic heterocycles. The molecular weight excluding hydrogens is 228 g/mol. The highest BCUT2D eigenvalue weighted by Gasteiger charge is 2.24. The molecule has 2 atom stereocenters. The van der Waals surface area contributed by atoms with Crippen molar-refractivity contribution in [3.63, 3.8) is 0 Å². The lowest BCUT2D eigenvalue weighted by molar-refractivity contribution is 0.0245. The van der Waals surface area contributed by atoms with Gasteiger partial charge in [0.15, 0.2) is 0 Å². The molecule has 0 bridgehead atoms. The minimum absolute atomic E-state index is 0.168. The third-order valence-corrected chi connectivity index (χ3v) is 4.17. The normalized spacial score (nSPS) is 29.3. The van der Waals surface area contributed by atoms with E-state index in [4.69, 9.17) is 4.74 Å². The third kappa shape index (κ3) is 4.50. The number of piperidine rings is 1. The molecule has 2 rings (SSSR count). The van der Waals surface area contributed by atoms with Crippen LogP contribution in [-0.2, 0) is 4.74 Å². The van der Waals surface area contributed by atoms with Gasteiger partial charge in [-0.2, -0.15) is 0 Å². The summed E-state index contributed by atoms with van der Waals surface area (Å²) in [4.78, 5) is 5.09. The largest absolute Gasteiger partial charge is 0.393 e. The zero-order chi connectivity index (χ0) is 12.8. The molecule has 1 N–H and O–H groups in total. The van der Waals surface area contributed by atoms with E-state index in [9.17, 15) is 5.11 Å². The number of aliphatic hydroxyl groups is 1. The molecule has 18 heavy (non-hydrogen) atoms. The van der Waals surface area contributed by atoms with Gasteiger partial charge >= 0.3 is 0 Å². The van der Waals surface area contributed by atoms with Gasteiger partial charge in [-0.25, -0.2) is 0 Å². The Labute approximate surface area is 111 Å². The Hall–Kier alpha value is -0.160. The number of likely N-dealkylation sites (tertiary alicyclic amines) is 1. The van der Waals surface area contributed by atoms with Crippen LogP contribution < -0.4 is 0 Å². The van der Waals surface area contributed by atoms with Gasteiger partial charge in [0, 0.05) is 32.2 Å². The first kappa shape index (κ1) is 14.3. The van der Waals surface area contributed by atoms with Crippen LogP contribution >= 0.6 is 0 Å². The zero-order valence-electron chi connectivity index (χ0n) is 11.7. The Morgan fingerprint density at radius 2 is 1.94 bits per heavy atom. The lowest BCUT2D eigenvalue weighted by Gasteiger charge is -2.38. The predicted molar refractivity (Wildman–Crippen MR) is 72.8 cm³/mol. The second-order valence-electron chi connectivity index (χ2n) is 5.72. The number of ether oxygens (including phenoxy) is 1. The van der Waals surface area contributed by atoms with Gasteiger partial charge in [-0.15, -0.1) is 0 Å². The number of hydrogen-bond acceptors (Lipinski definition) is 4. The molecule has 0 amide bonds. The minimum atomic E-state index is -0.168. The van der Waals surface area contributed by atoms with Crippen molar-refractivity contribution in [2.24, 2.45) is 0 Å². The fourth-order valence-electron chi connectivity index (χ4n) is 3.11. The van der Waals surface area contributed by atoms with E-state index in [1.54, 1.807) is 0 Å². The van der Waals surface area contributed by atoms with E-state index in [-0.39, 0.29) is 6.10 Å². The fraction of sp³-hybridized carbons (Fsp3) is 1.00. The average molecular weight is 256 g/mol.